The number of guanidine groups is 1. The second-order valence-electron chi connectivity index (χ2n) is 6.81. The summed E-state index contributed by atoms with van der Waals surface area (Å²) in [7, 11) is 1.78. The van der Waals surface area contributed by atoms with Gasteiger partial charge in [0.05, 0.1) is 13.2 Å². The monoisotopic (exact) mass is 510 g/mol. The first-order valence-corrected chi connectivity index (χ1v) is 10.1. The molecule has 2 N–H and O–H groups in total. The van der Waals surface area contributed by atoms with Gasteiger partial charge < -0.3 is 20.1 Å². The number of rotatable bonds is 9. The zero-order valence-corrected chi connectivity index (χ0v) is 19.6. The molecule has 0 saturated heterocycles. The molecular formula is C22H31IN4O2. The summed E-state index contributed by atoms with van der Waals surface area (Å²) in [5.41, 5.74) is 3.65. The third-order valence-electron chi connectivity index (χ3n) is 4.72. The standard InChI is InChI=1S/C22H30N4O2.HI/c1-3-4-13-28-21-19(6-5-11-24-21)16-26-22(23-2)25-12-9-17-7-8-20-18(15-17)10-14-27-20;/h5-8,11,15H,3-4,9-10,12-14,16H2,1-2H3,(H2,23,25,26);1H. The number of halogens is 1. The van der Waals surface area contributed by atoms with Crippen LogP contribution < -0.4 is 20.1 Å². The number of nitrogens with zero attached hydrogens (tertiary/aromatic N) is 2. The van der Waals surface area contributed by atoms with Crippen molar-refractivity contribution in [2.24, 2.45) is 4.99 Å². The predicted octanol–water partition coefficient (Wildman–Crippen LogP) is 3.72. The maximum Gasteiger partial charge on any atom is 0.218 e. The number of aliphatic imine (C=N–C) groups is 1. The summed E-state index contributed by atoms with van der Waals surface area (Å²) in [5.74, 6) is 2.50. The van der Waals surface area contributed by atoms with Crippen LogP contribution in [0.15, 0.2) is 41.5 Å². The molecule has 3 rings (SSSR count). The molecule has 0 radical (unpaired) electrons. The summed E-state index contributed by atoms with van der Waals surface area (Å²) in [6.07, 6.45) is 5.84. The molecule has 158 valence electrons. The molecule has 0 spiro atoms. The van der Waals surface area contributed by atoms with Gasteiger partial charge in [0.25, 0.3) is 0 Å². The highest BCUT2D eigenvalue weighted by Crippen LogP contribution is 2.25. The fraction of sp³-hybridized carbons (Fsp3) is 0.455. The van der Waals surface area contributed by atoms with Gasteiger partial charge in [-0.05, 0) is 36.1 Å². The van der Waals surface area contributed by atoms with E-state index in [1.54, 1.807) is 13.2 Å². The smallest absolute Gasteiger partial charge is 0.218 e. The van der Waals surface area contributed by atoms with Crippen LogP contribution in [-0.2, 0) is 19.4 Å². The van der Waals surface area contributed by atoms with Crippen molar-refractivity contribution in [1.82, 2.24) is 15.6 Å². The molecule has 0 amide bonds. The number of unbranched alkanes of at least 4 members (excludes halogenated alkanes) is 1. The van der Waals surface area contributed by atoms with E-state index in [1.807, 2.05) is 12.1 Å². The summed E-state index contributed by atoms with van der Waals surface area (Å²) >= 11 is 0. The number of hydrogen-bond acceptors (Lipinski definition) is 4. The topological polar surface area (TPSA) is 67.8 Å². The van der Waals surface area contributed by atoms with E-state index in [4.69, 9.17) is 9.47 Å². The molecular weight excluding hydrogens is 479 g/mol. The number of fused-ring (bicyclic) bond motifs is 1. The molecule has 0 saturated carbocycles. The Hall–Kier alpha value is -2.03. The van der Waals surface area contributed by atoms with Crippen LogP contribution >= 0.6 is 24.0 Å². The molecule has 0 unspecified atom stereocenters. The van der Waals surface area contributed by atoms with Crippen molar-refractivity contribution in [2.45, 2.75) is 39.2 Å². The van der Waals surface area contributed by atoms with Crippen molar-refractivity contribution in [3.8, 4) is 11.6 Å². The van der Waals surface area contributed by atoms with E-state index in [9.17, 15) is 0 Å². The molecule has 0 fully saturated rings. The van der Waals surface area contributed by atoms with Gasteiger partial charge in [0.1, 0.15) is 5.75 Å². The molecule has 7 heteroatoms. The molecule has 2 aromatic rings. The first-order chi connectivity index (χ1) is 13.8. The van der Waals surface area contributed by atoms with Gasteiger partial charge in [0.15, 0.2) is 5.96 Å². The van der Waals surface area contributed by atoms with Crippen LogP contribution in [0.4, 0.5) is 0 Å². The number of nitrogens with one attached hydrogen (secondary N) is 2. The number of pyridine rings is 1. The molecule has 0 bridgehead atoms. The maximum atomic E-state index is 5.80. The predicted molar refractivity (Wildman–Crippen MR) is 128 cm³/mol. The molecule has 6 nitrogen and oxygen atoms in total. The highest BCUT2D eigenvalue weighted by Gasteiger charge is 2.12. The fourth-order valence-electron chi connectivity index (χ4n) is 3.12. The Labute approximate surface area is 190 Å². The lowest BCUT2D eigenvalue weighted by atomic mass is 10.1. The Bertz CT molecular complexity index is 798. The molecule has 2 heterocycles. The minimum Gasteiger partial charge on any atom is -0.493 e. The van der Waals surface area contributed by atoms with E-state index in [0.29, 0.717) is 19.0 Å². The van der Waals surface area contributed by atoms with Crippen molar-refractivity contribution < 1.29 is 9.47 Å². The second kappa shape index (κ2) is 12.5. The van der Waals surface area contributed by atoms with Crippen molar-refractivity contribution in [2.75, 3.05) is 26.8 Å². The van der Waals surface area contributed by atoms with E-state index >= 15 is 0 Å². The van der Waals surface area contributed by atoms with Gasteiger partial charge in [0, 0.05) is 38.3 Å². The van der Waals surface area contributed by atoms with Crippen LogP contribution in [0.25, 0.3) is 0 Å². The van der Waals surface area contributed by atoms with Crippen molar-refractivity contribution in [1.29, 1.82) is 0 Å². The van der Waals surface area contributed by atoms with Crippen LogP contribution in [0.2, 0.25) is 0 Å². The lowest BCUT2D eigenvalue weighted by molar-refractivity contribution is 0.294. The molecule has 29 heavy (non-hydrogen) atoms. The van der Waals surface area contributed by atoms with Crippen LogP contribution in [0.1, 0.15) is 36.5 Å². The Morgan fingerprint density at radius 3 is 3.00 bits per heavy atom. The molecule has 1 aliphatic rings. The largest absolute Gasteiger partial charge is 0.493 e. The summed E-state index contributed by atoms with van der Waals surface area (Å²) in [6.45, 7) is 5.07. The Morgan fingerprint density at radius 1 is 1.28 bits per heavy atom. The third kappa shape index (κ3) is 7.06. The minimum absolute atomic E-state index is 0. The van der Waals surface area contributed by atoms with Gasteiger partial charge >= 0.3 is 0 Å². The zero-order chi connectivity index (χ0) is 19.6. The lowest BCUT2D eigenvalue weighted by Gasteiger charge is -2.14. The maximum absolute atomic E-state index is 5.80. The molecule has 0 aliphatic carbocycles. The van der Waals surface area contributed by atoms with E-state index < -0.39 is 0 Å². The van der Waals surface area contributed by atoms with Gasteiger partial charge in [-0.3, -0.25) is 4.99 Å². The number of aromatic nitrogens is 1. The van der Waals surface area contributed by atoms with Gasteiger partial charge in [-0.15, -0.1) is 24.0 Å². The van der Waals surface area contributed by atoms with Crippen LogP contribution in [-0.4, -0.2) is 37.7 Å². The number of benzene rings is 1. The van der Waals surface area contributed by atoms with E-state index in [0.717, 1.165) is 56.1 Å². The molecule has 1 aromatic carbocycles. The fourth-order valence-corrected chi connectivity index (χ4v) is 3.12. The highest BCUT2D eigenvalue weighted by atomic mass is 127. The Morgan fingerprint density at radius 2 is 2.17 bits per heavy atom. The van der Waals surface area contributed by atoms with Gasteiger partial charge in [0.2, 0.25) is 5.88 Å². The van der Waals surface area contributed by atoms with Crippen LogP contribution in [0.3, 0.4) is 0 Å². The van der Waals surface area contributed by atoms with Gasteiger partial charge in [-0.25, -0.2) is 4.98 Å². The van der Waals surface area contributed by atoms with E-state index in [-0.39, 0.29) is 24.0 Å². The van der Waals surface area contributed by atoms with Gasteiger partial charge in [-0.1, -0.05) is 31.5 Å². The average Bonchev–Trinajstić information content (AvgIpc) is 3.19. The van der Waals surface area contributed by atoms with Crippen molar-refractivity contribution >= 4 is 29.9 Å². The number of ether oxygens (including phenoxy) is 2. The highest BCUT2D eigenvalue weighted by molar-refractivity contribution is 14.0. The van der Waals surface area contributed by atoms with Gasteiger partial charge in [-0.2, -0.15) is 0 Å². The summed E-state index contributed by atoms with van der Waals surface area (Å²) in [5, 5.41) is 6.72. The summed E-state index contributed by atoms with van der Waals surface area (Å²) in [6, 6.07) is 10.4. The summed E-state index contributed by atoms with van der Waals surface area (Å²) < 4.78 is 11.4. The molecule has 1 aromatic heterocycles. The third-order valence-corrected chi connectivity index (χ3v) is 4.72. The first-order valence-electron chi connectivity index (χ1n) is 10.1. The minimum atomic E-state index is 0. The van der Waals surface area contributed by atoms with Crippen molar-refractivity contribution in [3.05, 3.63) is 53.2 Å². The molecule has 0 atom stereocenters. The van der Waals surface area contributed by atoms with Crippen LogP contribution in [0, 0.1) is 0 Å². The quantitative estimate of drug-likeness (QED) is 0.233. The SMILES string of the molecule is CCCCOc1ncccc1CNC(=NC)NCCc1ccc2c(c1)CCO2.I. The zero-order valence-electron chi connectivity index (χ0n) is 17.2. The Kier molecular flexibility index (Phi) is 10.0. The average molecular weight is 510 g/mol. The van der Waals surface area contributed by atoms with E-state index in [1.165, 1.54) is 11.1 Å². The lowest BCUT2D eigenvalue weighted by Crippen LogP contribution is -2.38. The normalized spacial score (nSPS) is 12.6. The molecule has 1 aliphatic heterocycles. The van der Waals surface area contributed by atoms with Crippen molar-refractivity contribution in [3.63, 3.8) is 0 Å². The Balaban J connectivity index is 0.00000300. The van der Waals surface area contributed by atoms with Crippen LogP contribution in [0.5, 0.6) is 11.6 Å². The summed E-state index contributed by atoms with van der Waals surface area (Å²) in [4.78, 5) is 8.66. The van der Waals surface area contributed by atoms with E-state index in [2.05, 4.69) is 45.7 Å². The first kappa shape index (κ1) is 23.3. The number of hydrogen-bond donors (Lipinski definition) is 2. The second-order valence-corrected chi connectivity index (χ2v) is 6.81.